The van der Waals surface area contributed by atoms with Crippen LogP contribution in [0.2, 0.25) is 0 Å². The minimum absolute atomic E-state index is 0.239. The molecule has 0 saturated carbocycles. The number of aliphatic hydroxyl groups is 1. The predicted molar refractivity (Wildman–Crippen MR) is 74.5 cm³/mol. The van der Waals surface area contributed by atoms with Gasteiger partial charge in [0.05, 0.1) is 24.6 Å². The summed E-state index contributed by atoms with van der Waals surface area (Å²) in [5.41, 5.74) is 6.95. The van der Waals surface area contributed by atoms with Crippen LogP contribution in [0.15, 0.2) is 18.6 Å². The van der Waals surface area contributed by atoms with E-state index in [1.54, 1.807) is 10.6 Å². The number of aliphatic hydroxyl groups excluding tert-OH is 1. The van der Waals surface area contributed by atoms with Gasteiger partial charge >= 0.3 is 7.82 Å². The van der Waals surface area contributed by atoms with Crippen LogP contribution in [0.3, 0.4) is 0 Å². The third kappa shape index (κ3) is 2.98. The summed E-state index contributed by atoms with van der Waals surface area (Å²) in [7, 11) is -4.61. The normalized spacial score (nSPS) is 25.9. The molecule has 1 aliphatic heterocycles. The molecular formula is C11H15N4O6P. The van der Waals surface area contributed by atoms with E-state index in [9.17, 15) is 9.67 Å². The van der Waals surface area contributed by atoms with Crippen LogP contribution in [0.5, 0.6) is 0 Å². The molecule has 120 valence electrons. The average Bonchev–Trinajstić information content (AvgIpc) is 3.00. The zero-order chi connectivity index (χ0) is 15.9. The number of phosphoric ester groups is 1. The zero-order valence-corrected chi connectivity index (χ0v) is 12.2. The van der Waals surface area contributed by atoms with Gasteiger partial charge in [0.25, 0.3) is 0 Å². The highest BCUT2D eigenvalue weighted by molar-refractivity contribution is 7.46. The lowest BCUT2D eigenvalue weighted by molar-refractivity contribution is -0.0422. The van der Waals surface area contributed by atoms with E-state index in [-0.39, 0.29) is 12.2 Å². The fourth-order valence-electron chi connectivity index (χ4n) is 2.42. The molecule has 0 amide bonds. The maximum Gasteiger partial charge on any atom is 0.469 e. The van der Waals surface area contributed by atoms with Gasteiger partial charge in [0, 0.05) is 12.6 Å². The standard InChI is InChI=1S/C11H15N4O6P/c12-11-10-6(1-2-13-11)15(5-14-10)9-3-7(16)8(21-9)4-20-22(17,18)19/h1-2,5,7-9,16H,3-4H2,(H2,12,13)(H2,17,18,19)/t7-,8+,9+/m0/s1. The molecule has 0 unspecified atom stereocenters. The largest absolute Gasteiger partial charge is 0.469 e. The van der Waals surface area contributed by atoms with Crippen molar-refractivity contribution in [1.82, 2.24) is 14.5 Å². The number of rotatable bonds is 4. The highest BCUT2D eigenvalue weighted by Gasteiger charge is 2.37. The molecule has 1 saturated heterocycles. The summed E-state index contributed by atoms with van der Waals surface area (Å²) >= 11 is 0. The first-order chi connectivity index (χ1) is 10.3. The third-order valence-electron chi connectivity index (χ3n) is 3.44. The molecule has 1 aliphatic rings. The van der Waals surface area contributed by atoms with Crippen molar-refractivity contribution in [2.75, 3.05) is 12.3 Å². The third-order valence-corrected chi connectivity index (χ3v) is 3.93. The van der Waals surface area contributed by atoms with Crippen LogP contribution >= 0.6 is 7.82 Å². The molecule has 0 aliphatic carbocycles. The smallest absolute Gasteiger partial charge is 0.390 e. The maximum atomic E-state index is 10.7. The second-order valence-electron chi connectivity index (χ2n) is 4.93. The van der Waals surface area contributed by atoms with E-state index in [0.29, 0.717) is 11.0 Å². The molecule has 0 bridgehead atoms. The van der Waals surface area contributed by atoms with Crippen LogP contribution in [-0.4, -0.2) is 48.2 Å². The van der Waals surface area contributed by atoms with Gasteiger partial charge in [-0.2, -0.15) is 0 Å². The molecule has 22 heavy (non-hydrogen) atoms. The molecule has 3 rings (SSSR count). The van der Waals surface area contributed by atoms with Gasteiger partial charge in [0.2, 0.25) is 0 Å². The molecular weight excluding hydrogens is 315 g/mol. The van der Waals surface area contributed by atoms with Crippen molar-refractivity contribution < 1.29 is 28.7 Å². The van der Waals surface area contributed by atoms with Gasteiger partial charge in [-0.15, -0.1) is 0 Å². The molecule has 1 fully saturated rings. The van der Waals surface area contributed by atoms with E-state index in [2.05, 4.69) is 14.5 Å². The number of fused-ring (bicyclic) bond motifs is 1. The number of hydrogen-bond acceptors (Lipinski definition) is 7. The number of anilines is 1. The Morgan fingerprint density at radius 2 is 2.27 bits per heavy atom. The topological polar surface area (TPSA) is 153 Å². The molecule has 11 heteroatoms. The summed E-state index contributed by atoms with van der Waals surface area (Å²) < 4.78 is 22.4. The molecule has 0 radical (unpaired) electrons. The van der Waals surface area contributed by atoms with E-state index in [1.807, 2.05) is 0 Å². The summed E-state index contributed by atoms with van der Waals surface area (Å²) in [6, 6.07) is 1.72. The van der Waals surface area contributed by atoms with Crippen LogP contribution in [0, 0.1) is 0 Å². The first-order valence-corrected chi connectivity index (χ1v) is 7.99. The van der Waals surface area contributed by atoms with Crippen LogP contribution in [0.4, 0.5) is 5.82 Å². The summed E-state index contributed by atoms with van der Waals surface area (Å²) in [6.07, 6.45) is 1.01. The highest BCUT2D eigenvalue weighted by atomic mass is 31.2. The number of phosphoric acid groups is 1. The van der Waals surface area contributed by atoms with Gasteiger partial charge in [-0.05, 0) is 6.07 Å². The molecule has 10 nitrogen and oxygen atoms in total. The fourth-order valence-corrected chi connectivity index (χ4v) is 2.76. The van der Waals surface area contributed by atoms with Crippen molar-refractivity contribution in [2.24, 2.45) is 0 Å². The molecule has 2 aromatic heterocycles. The number of nitrogens with two attached hydrogens (primary N) is 1. The molecule has 3 atom stereocenters. The zero-order valence-electron chi connectivity index (χ0n) is 11.3. The Bertz CT molecular complexity index is 730. The summed E-state index contributed by atoms with van der Waals surface area (Å²) in [5, 5.41) is 9.95. The number of pyridine rings is 1. The predicted octanol–water partition coefficient (Wildman–Crippen LogP) is -0.229. The SMILES string of the molecule is Nc1nccc2c1ncn2[C@H]1C[C@H](O)[C@@H](COP(=O)(O)O)O1. The van der Waals surface area contributed by atoms with E-state index >= 15 is 0 Å². The van der Waals surface area contributed by atoms with E-state index < -0.39 is 32.9 Å². The Morgan fingerprint density at radius 3 is 3.00 bits per heavy atom. The summed E-state index contributed by atoms with van der Waals surface area (Å²) in [6.45, 7) is -0.404. The van der Waals surface area contributed by atoms with Crippen molar-refractivity contribution in [3.63, 3.8) is 0 Å². The Morgan fingerprint density at radius 1 is 1.50 bits per heavy atom. The van der Waals surface area contributed by atoms with Crippen molar-refractivity contribution in [1.29, 1.82) is 0 Å². The first-order valence-electron chi connectivity index (χ1n) is 6.46. The number of nitrogen functional groups attached to an aromatic ring is 1. The van der Waals surface area contributed by atoms with Crippen molar-refractivity contribution in [3.8, 4) is 0 Å². The lowest BCUT2D eigenvalue weighted by Gasteiger charge is -2.16. The lowest BCUT2D eigenvalue weighted by Crippen LogP contribution is -2.25. The molecule has 3 heterocycles. The minimum atomic E-state index is -4.61. The number of nitrogens with zero attached hydrogens (tertiary/aromatic N) is 3. The van der Waals surface area contributed by atoms with Gasteiger partial charge in [0.15, 0.2) is 5.82 Å². The van der Waals surface area contributed by atoms with Crippen LogP contribution in [-0.2, 0) is 13.8 Å². The van der Waals surface area contributed by atoms with Crippen LogP contribution in [0.25, 0.3) is 11.0 Å². The quantitative estimate of drug-likeness (QED) is 0.557. The number of hydrogen-bond donors (Lipinski definition) is 4. The molecule has 0 spiro atoms. The van der Waals surface area contributed by atoms with Crippen molar-refractivity contribution in [3.05, 3.63) is 18.6 Å². The monoisotopic (exact) mass is 330 g/mol. The highest BCUT2D eigenvalue weighted by Crippen LogP contribution is 2.38. The number of ether oxygens (including phenoxy) is 1. The molecule has 0 aromatic carbocycles. The Kier molecular flexibility index (Phi) is 3.89. The van der Waals surface area contributed by atoms with Gasteiger partial charge in [-0.1, -0.05) is 0 Å². The fraction of sp³-hybridized carbons (Fsp3) is 0.455. The molecule has 2 aromatic rings. The number of imidazole rings is 1. The summed E-state index contributed by atoms with van der Waals surface area (Å²) in [4.78, 5) is 25.5. The van der Waals surface area contributed by atoms with Gasteiger partial charge in [-0.3, -0.25) is 4.52 Å². The van der Waals surface area contributed by atoms with E-state index in [1.165, 1.54) is 12.5 Å². The Hall–Kier alpha value is -1.55. The summed E-state index contributed by atoms with van der Waals surface area (Å²) in [5.74, 6) is 0.288. The van der Waals surface area contributed by atoms with Crippen LogP contribution in [0.1, 0.15) is 12.6 Å². The van der Waals surface area contributed by atoms with Crippen molar-refractivity contribution in [2.45, 2.75) is 24.9 Å². The van der Waals surface area contributed by atoms with E-state index in [4.69, 9.17) is 20.3 Å². The second kappa shape index (κ2) is 5.58. The second-order valence-corrected chi connectivity index (χ2v) is 6.17. The van der Waals surface area contributed by atoms with Gasteiger partial charge in [-0.25, -0.2) is 14.5 Å². The van der Waals surface area contributed by atoms with Crippen LogP contribution < -0.4 is 5.73 Å². The maximum absolute atomic E-state index is 10.7. The minimum Gasteiger partial charge on any atom is -0.390 e. The average molecular weight is 330 g/mol. The van der Waals surface area contributed by atoms with Crippen molar-refractivity contribution >= 4 is 24.7 Å². The number of aromatic nitrogens is 3. The Balaban J connectivity index is 1.78. The van der Waals surface area contributed by atoms with Gasteiger partial charge < -0.3 is 29.9 Å². The lowest BCUT2D eigenvalue weighted by atomic mass is 10.2. The Labute approximate surface area is 124 Å². The first kappa shape index (κ1) is 15.3. The van der Waals surface area contributed by atoms with E-state index in [0.717, 1.165) is 0 Å². The molecule has 5 N–H and O–H groups in total. The van der Waals surface area contributed by atoms with Gasteiger partial charge in [0.1, 0.15) is 17.8 Å².